The summed E-state index contributed by atoms with van der Waals surface area (Å²) in [5.41, 5.74) is 7.87. The SMILES string of the molecule is CCc1c(-c2ccc(OC)c(OC)c2)[nH]c2ccc(C3CCN(C4CCN(Cc5sccc5C)CC4)CC3)cc12. The molecule has 5 nitrogen and oxygen atoms in total. The number of nitrogens with zero attached hydrogens (tertiary/aromatic N) is 2. The van der Waals surface area contributed by atoms with Gasteiger partial charge < -0.3 is 19.4 Å². The number of rotatable bonds is 8. The van der Waals surface area contributed by atoms with Gasteiger partial charge in [-0.1, -0.05) is 13.0 Å². The molecule has 0 bridgehead atoms. The van der Waals surface area contributed by atoms with Crippen LogP contribution in [0.25, 0.3) is 22.2 Å². The van der Waals surface area contributed by atoms with Gasteiger partial charge in [-0.25, -0.2) is 0 Å². The average molecular weight is 558 g/mol. The van der Waals surface area contributed by atoms with Crippen LogP contribution in [-0.2, 0) is 13.0 Å². The Morgan fingerprint density at radius 1 is 0.900 bits per heavy atom. The Bertz CT molecular complexity index is 1440. The third-order valence-corrected chi connectivity index (χ3v) is 10.4. The van der Waals surface area contributed by atoms with Crippen LogP contribution in [0.5, 0.6) is 11.5 Å². The van der Waals surface area contributed by atoms with E-state index in [1.165, 1.54) is 85.1 Å². The Morgan fingerprint density at radius 3 is 2.35 bits per heavy atom. The van der Waals surface area contributed by atoms with E-state index in [2.05, 4.69) is 70.4 Å². The van der Waals surface area contributed by atoms with Crippen molar-refractivity contribution in [1.29, 1.82) is 0 Å². The first-order valence-corrected chi connectivity index (χ1v) is 15.8. The minimum absolute atomic E-state index is 0.645. The first-order valence-electron chi connectivity index (χ1n) is 14.9. The second kappa shape index (κ2) is 12.0. The second-order valence-electron chi connectivity index (χ2n) is 11.6. The molecular weight excluding hydrogens is 514 g/mol. The lowest BCUT2D eigenvalue weighted by molar-refractivity contribution is 0.0849. The number of aryl methyl sites for hydroxylation is 2. The molecule has 4 aromatic rings. The topological polar surface area (TPSA) is 40.7 Å². The Balaban J connectivity index is 1.11. The molecule has 2 aromatic heterocycles. The highest BCUT2D eigenvalue weighted by molar-refractivity contribution is 7.10. The quantitative estimate of drug-likeness (QED) is 0.242. The number of piperidine rings is 2. The fourth-order valence-corrected chi connectivity index (χ4v) is 7.88. The van der Waals surface area contributed by atoms with Gasteiger partial charge in [0, 0.05) is 52.7 Å². The molecule has 0 aliphatic carbocycles. The van der Waals surface area contributed by atoms with Crippen molar-refractivity contribution in [3.05, 3.63) is 69.4 Å². The molecular formula is C34H43N3O2S. The van der Waals surface area contributed by atoms with Gasteiger partial charge in [0.25, 0.3) is 0 Å². The Morgan fingerprint density at radius 2 is 1.68 bits per heavy atom. The first-order chi connectivity index (χ1) is 19.6. The van der Waals surface area contributed by atoms with Crippen molar-refractivity contribution in [2.45, 2.75) is 64.5 Å². The number of H-pyrrole nitrogens is 1. The number of aromatic nitrogens is 1. The van der Waals surface area contributed by atoms with Crippen LogP contribution >= 0.6 is 11.3 Å². The average Bonchev–Trinajstić information content (AvgIpc) is 3.59. The molecule has 0 amide bonds. The predicted molar refractivity (Wildman–Crippen MR) is 167 cm³/mol. The molecule has 6 heteroatoms. The number of ether oxygens (including phenoxy) is 2. The Labute approximate surface area is 243 Å². The Hall–Kier alpha value is -2.80. The molecule has 2 saturated heterocycles. The molecule has 40 heavy (non-hydrogen) atoms. The van der Waals surface area contributed by atoms with Crippen LogP contribution in [0.15, 0.2) is 47.8 Å². The highest BCUT2D eigenvalue weighted by atomic mass is 32.1. The van der Waals surface area contributed by atoms with Gasteiger partial charge in [-0.05, 0) is 117 Å². The lowest BCUT2D eigenvalue weighted by atomic mass is 9.87. The summed E-state index contributed by atoms with van der Waals surface area (Å²) in [4.78, 5) is 10.7. The maximum Gasteiger partial charge on any atom is 0.161 e. The molecule has 2 fully saturated rings. The Kier molecular flexibility index (Phi) is 8.20. The van der Waals surface area contributed by atoms with Crippen LogP contribution in [0, 0.1) is 6.92 Å². The van der Waals surface area contributed by atoms with Gasteiger partial charge in [-0.2, -0.15) is 0 Å². The van der Waals surface area contributed by atoms with Crippen molar-refractivity contribution in [2.75, 3.05) is 40.4 Å². The van der Waals surface area contributed by atoms with Gasteiger partial charge in [-0.3, -0.25) is 4.90 Å². The van der Waals surface area contributed by atoms with Crippen LogP contribution < -0.4 is 9.47 Å². The van der Waals surface area contributed by atoms with E-state index in [4.69, 9.17) is 9.47 Å². The van der Waals surface area contributed by atoms with Crippen LogP contribution in [0.3, 0.4) is 0 Å². The van der Waals surface area contributed by atoms with Crippen LogP contribution in [0.2, 0.25) is 0 Å². The number of nitrogens with one attached hydrogen (secondary N) is 1. The summed E-state index contributed by atoms with van der Waals surface area (Å²) < 4.78 is 11.0. The zero-order valence-corrected chi connectivity index (χ0v) is 25.3. The fraction of sp³-hybridized carbons (Fsp3) is 0.471. The van der Waals surface area contributed by atoms with Crippen LogP contribution in [-0.4, -0.2) is 61.2 Å². The van der Waals surface area contributed by atoms with Crippen molar-refractivity contribution in [3.63, 3.8) is 0 Å². The molecule has 0 unspecified atom stereocenters. The molecule has 2 aliphatic heterocycles. The third-order valence-electron chi connectivity index (χ3n) is 9.37. The summed E-state index contributed by atoms with van der Waals surface area (Å²) in [5, 5.41) is 3.59. The van der Waals surface area contributed by atoms with Gasteiger partial charge in [0.15, 0.2) is 11.5 Å². The van der Waals surface area contributed by atoms with Crippen LogP contribution in [0.4, 0.5) is 0 Å². The molecule has 0 saturated carbocycles. The van der Waals surface area contributed by atoms with Gasteiger partial charge >= 0.3 is 0 Å². The van der Waals surface area contributed by atoms with Gasteiger partial charge in [-0.15, -0.1) is 11.3 Å². The summed E-state index contributed by atoms with van der Waals surface area (Å²) in [6, 6.07) is 16.3. The lowest BCUT2D eigenvalue weighted by Crippen LogP contribution is -2.47. The number of benzene rings is 2. The number of aromatic amines is 1. The zero-order valence-electron chi connectivity index (χ0n) is 24.5. The molecule has 6 rings (SSSR count). The van der Waals surface area contributed by atoms with E-state index in [-0.39, 0.29) is 0 Å². The molecule has 0 radical (unpaired) electrons. The van der Waals surface area contributed by atoms with E-state index in [0.29, 0.717) is 5.92 Å². The standard InChI is InChI=1S/C34H43N3O2S/c1-5-28-29-20-25(6-8-30(29)35-34(28)26-7-9-31(38-3)32(21-26)39-4)24-10-17-37(18-11-24)27-12-15-36(16-13-27)22-33-23(2)14-19-40-33/h6-9,14,19-21,24,27,35H,5,10-13,15-18,22H2,1-4H3. The van der Waals surface area contributed by atoms with Gasteiger partial charge in [0.05, 0.1) is 14.2 Å². The van der Waals surface area contributed by atoms with E-state index < -0.39 is 0 Å². The van der Waals surface area contributed by atoms with Crippen molar-refractivity contribution in [2.24, 2.45) is 0 Å². The first kappa shape index (κ1) is 27.4. The third kappa shape index (κ3) is 5.41. The number of likely N-dealkylation sites (tertiary alicyclic amines) is 2. The maximum atomic E-state index is 5.58. The smallest absolute Gasteiger partial charge is 0.161 e. The number of hydrogen-bond donors (Lipinski definition) is 1. The van der Waals surface area contributed by atoms with E-state index >= 15 is 0 Å². The highest BCUT2D eigenvalue weighted by Gasteiger charge is 2.29. The number of thiophene rings is 1. The van der Waals surface area contributed by atoms with Gasteiger partial charge in [0.2, 0.25) is 0 Å². The normalized spacial score (nSPS) is 18.0. The molecule has 212 valence electrons. The fourth-order valence-electron chi connectivity index (χ4n) is 6.93. The number of hydrogen-bond acceptors (Lipinski definition) is 5. The predicted octanol–water partition coefficient (Wildman–Crippen LogP) is 7.63. The summed E-state index contributed by atoms with van der Waals surface area (Å²) in [6.07, 6.45) is 6.12. The minimum Gasteiger partial charge on any atom is -0.493 e. The summed E-state index contributed by atoms with van der Waals surface area (Å²) in [6.45, 7) is 10.5. The monoisotopic (exact) mass is 557 g/mol. The summed E-state index contributed by atoms with van der Waals surface area (Å²) >= 11 is 1.91. The minimum atomic E-state index is 0.645. The van der Waals surface area contributed by atoms with E-state index in [1.54, 1.807) is 19.1 Å². The molecule has 4 heterocycles. The summed E-state index contributed by atoms with van der Waals surface area (Å²) in [7, 11) is 3.38. The van der Waals surface area contributed by atoms with Crippen molar-refractivity contribution < 1.29 is 9.47 Å². The zero-order chi connectivity index (χ0) is 27.6. The van der Waals surface area contributed by atoms with Crippen LogP contribution in [0.1, 0.15) is 60.1 Å². The van der Waals surface area contributed by atoms with Crippen molar-refractivity contribution in [1.82, 2.24) is 14.8 Å². The van der Waals surface area contributed by atoms with Crippen molar-refractivity contribution >= 4 is 22.2 Å². The molecule has 0 atom stereocenters. The molecule has 2 aromatic carbocycles. The number of fused-ring (bicyclic) bond motifs is 1. The van der Waals surface area contributed by atoms with Crippen molar-refractivity contribution in [3.8, 4) is 22.8 Å². The maximum absolute atomic E-state index is 5.58. The molecule has 1 N–H and O–H groups in total. The van der Waals surface area contributed by atoms with E-state index in [9.17, 15) is 0 Å². The second-order valence-corrected chi connectivity index (χ2v) is 12.6. The largest absolute Gasteiger partial charge is 0.493 e. The van der Waals surface area contributed by atoms with E-state index in [1.807, 2.05) is 17.4 Å². The van der Waals surface area contributed by atoms with Gasteiger partial charge in [0.1, 0.15) is 0 Å². The molecule has 0 spiro atoms. The molecule has 2 aliphatic rings. The van der Waals surface area contributed by atoms with E-state index in [0.717, 1.165) is 36.1 Å². The number of methoxy groups -OCH3 is 2. The summed E-state index contributed by atoms with van der Waals surface area (Å²) in [5.74, 6) is 2.16. The lowest BCUT2D eigenvalue weighted by Gasteiger charge is -2.42. The highest BCUT2D eigenvalue weighted by Crippen LogP contribution is 2.38.